The van der Waals surface area contributed by atoms with Crippen molar-refractivity contribution < 1.29 is 4.74 Å². The lowest BCUT2D eigenvalue weighted by Crippen LogP contribution is -2.41. The van der Waals surface area contributed by atoms with Crippen LogP contribution in [0.15, 0.2) is 11.2 Å². The van der Waals surface area contributed by atoms with Crippen molar-refractivity contribution in [2.24, 2.45) is 0 Å². The summed E-state index contributed by atoms with van der Waals surface area (Å²) in [6, 6.07) is 2.12. The second-order valence-electron chi connectivity index (χ2n) is 6.45. The molecule has 23 heavy (non-hydrogen) atoms. The largest absolute Gasteiger partial charge is 0.383 e. The first-order valence-corrected chi connectivity index (χ1v) is 9.56. The van der Waals surface area contributed by atoms with Gasteiger partial charge in [0.25, 0.3) is 0 Å². The minimum absolute atomic E-state index is 0.0558. The summed E-state index contributed by atoms with van der Waals surface area (Å²) in [5.74, 6) is 2.37. The number of nitrogens with zero attached hydrogens (tertiary/aromatic N) is 2. The Balaban J connectivity index is 1.59. The smallest absolute Gasteiger partial charge is 0.191 e. The van der Waals surface area contributed by atoms with Gasteiger partial charge in [-0.1, -0.05) is 25.1 Å². The van der Waals surface area contributed by atoms with E-state index in [1.165, 1.54) is 12.8 Å². The van der Waals surface area contributed by atoms with Crippen LogP contribution in [0.2, 0.25) is 0 Å². The molecule has 1 unspecified atom stereocenters. The lowest BCUT2D eigenvalue weighted by atomic mass is 9.88. The molecule has 128 valence electrons. The molecule has 0 aromatic carbocycles. The van der Waals surface area contributed by atoms with Crippen molar-refractivity contribution in [3.05, 3.63) is 6.07 Å². The standard InChI is InChI=1S/C16H27N5OS/c1-2-3-8-23-15-20-13(17)9-14(21-15)19-12-10-16(22-11-12)4-6-18-7-5-16/h9,12,18H,2-8,10-11H2,1H3,(H3,17,19,20,21). The summed E-state index contributed by atoms with van der Waals surface area (Å²) < 4.78 is 6.12. The van der Waals surface area contributed by atoms with Crippen molar-refractivity contribution in [2.75, 3.05) is 36.5 Å². The van der Waals surface area contributed by atoms with Gasteiger partial charge < -0.3 is 21.1 Å². The minimum atomic E-state index is 0.0558. The number of rotatable bonds is 6. The molecular formula is C16H27N5OS. The number of nitrogen functional groups attached to an aromatic ring is 1. The third-order valence-corrected chi connectivity index (χ3v) is 5.46. The zero-order chi connectivity index (χ0) is 16.1. The van der Waals surface area contributed by atoms with E-state index in [0.717, 1.165) is 55.7 Å². The Labute approximate surface area is 142 Å². The molecule has 0 bridgehead atoms. The van der Waals surface area contributed by atoms with Crippen molar-refractivity contribution in [1.82, 2.24) is 15.3 Å². The number of unbranched alkanes of at least 4 members (excludes halogenated alkanes) is 1. The van der Waals surface area contributed by atoms with Crippen LogP contribution < -0.4 is 16.4 Å². The van der Waals surface area contributed by atoms with Crippen molar-refractivity contribution >= 4 is 23.4 Å². The summed E-state index contributed by atoms with van der Waals surface area (Å²) in [7, 11) is 0. The van der Waals surface area contributed by atoms with Crippen LogP contribution in [0.1, 0.15) is 39.0 Å². The maximum absolute atomic E-state index is 6.12. The Hall–Kier alpha value is -1.05. The SMILES string of the molecule is CCCCSc1nc(N)cc(NC2COC3(CCNCC3)C2)n1. The first-order chi connectivity index (χ1) is 11.2. The van der Waals surface area contributed by atoms with Gasteiger partial charge in [0.05, 0.1) is 18.2 Å². The van der Waals surface area contributed by atoms with E-state index >= 15 is 0 Å². The van der Waals surface area contributed by atoms with Crippen LogP contribution in [-0.4, -0.2) is 47.1 Å². The monoisotopic (exact) mass is 337 g/mol. The van der Waals surface area contributed by atoms with E-state index in [2.05, 4.69) is 27.5 Å². The molecule has 1 spiro atoms. The van der Waals surface area contributed by atoms with Gasteiger partial charge in [0.1, 0.15) is 11.6 Å². The first kappa shape index (κ1) is 16.8. The fourth-order valence-corrected chi connectivity index (χ4v) is 4.21. The molecule has 6 nitrogen and oxygen atoms in total. The van der Waals surface area contributed by atoms with Crippen LogP contribution in [0.3, 0.4) is 0 Å². The number of anilines is 2. The number of ether oxygens (including phenoxy) is 1. The molecule has 0 amide bonds. The zero-order valence-electron chi connectivity index (χ0n) is 13.8. The molecule has 3 rings (SSSR count). The van der Waals surface area contributed by atoms with Gasteiger partial charge in [0.15, 0.2) is 5.16 Å². The van der Waals surface area contributed by atoms with E-state index in [0.29, 0.717) is 11.9 Å². The Morgan fingerprint density at radius 3 is 3.04 bits per heavy atom. The molecule has 0 saturated carbocycles. The molecule has 7 heteroatoms. The van der Waals surface area contributed by atoms with Crippen molar-refractivity contribution in [3.63, 3.8) is 0 Å². The predicted octanol–water partition coefficient (Wildman–Crippen LogP) is 2.27. The minimum Gasteiger partial charge on any atom is -0.383 e. The van der Waals surface area contributed by atoms with E-state index in [4.69, 9.17) is 10.5 Å². The van der Waals surface area contributed by atoms with Crippen LogP contribution in [0.25, 0.3) is 0 Å². The van der Waals surface area contributed by atoms with E-state index in [-0.39, 0.29) is 5.60 Å². The molecule has 2 saturated heterocycles. The topological polar surface area (TPSA) is 85.1 Å². The number of piperidine rings is 1. The molecule has 4 N–H and O–H groups in total. The van der Waals surface area contributed by atoms with Gasteiger partial charge in [-0.25, -0.2) is 9.97 Å². The second kappa shape index (κ2) is 7.68. The van der Waals surface area contributed by atoms with Crippen LogP contribution in [0.4, 0.5) is 11.6 Å². The Bertz CT molecular complexity index is 521. The summed E-state index contributed by atoms with van der Waals surface area (Å²) in [5, 5.41) is 7.65. The fraction of sp³-hybridized carbons (Fsp3) is 0.750. The molecule has 1 aromatic rings. The molecule has 2 fully saturated rings. The van der Waals surface area contributed by atoms with Crippen molar-refractivity contribution in [1.29, 1.82) is 0 Å². The lowest BCUT2D eigenvalue weighted by molar-refractivity contribution is -0.0192. The summed E-state index contributed by atoms with van der Waals surface area (Å²) in [5.41, 5.74) is 5.99. The number of thioether (sulfide) groups is 1. The van der Waals surface area contributed by atoms with Gasteiger partial charge in [0, 0.05) is 11.8 Å². The van der Waals surface area contributed by atoms with E-state index in [1.807, 2.05) is 6.07 Å². The molecule has 2 aliphatic rings. The highest BCUT2D eigenvalue weighted by Crippen LogP contribution is 2.35. The Morgan fingerprint density at radius 2 is 2.26 bits per heavy atom. The lowest BCUT2D eigenvalue weighted by Gasteiger charge is -2.32. The highest BCUT2D eigenvalue weighted by Gasteiger charge is 2.41. The van der Waals surface area contributed by atoms with Gasteiger partial charge >= 0.3 is 0 Å². The highest BCUT2D eigenvalue weighted by atomic mass is 32.2. The molecule has 0 radical (unpaired) electrons. The normalized spacial score (nSPS) is 23.3. The number of nitrogens with two attached hydrogens (primary N) is 1. The summed E-state index contributed by atoms with van der Waals surface area (Å²) in [4.78, 5) is 8.91. The first-order valence-electron chi connectivity index (χ1n) is 8.58. The van der Waals surface area contributed by atoms with Gasteiger partial charge in [-0.15, -0.1) is 0 Å². The zero-order valence-corrected chi connectivity index (χ0v) is 14.6. The van der Waals surface area contributed by atoms with Crippen LogP contribution >= 0.6 is 11.8 Å². The third-order valence-electron chi connectivity index (χ3n) is 4.53. The van der Waals surface area contributed by atoms with Gasteiger partial charge in [0.2, 0.25) is 0 Å². The average Bonchev–Trinajstić information content (AvgIpc) is 2.90. The molecular weight excluding hydrogens is 310 g/mol. The molecule has 0 aliphatic carbocycles. The molecule has 3 heterocycles. The number of nitrogens with one attached hydrogen (secondary N) is 2. The van der Waals surface area contributed by atoms with Crippen LogP contribution in [0, 0.1) is 0 Å². The summed E-state index contributed by atoms with van der Waals surface area (Å²) in [6.07, 6.45) is 5.57. The Morgan fingerprint density at radius 1 is 1.43 bits per heavy atom. The van der Waals surface area contributed by atoms with Crippen LogP contribution in [0.5, 0.6) is 0 Å². The van der Waals surface area contributed by atoms with Gasteiger partial charge in [-0.3, -0.25) is 0 Å². The number of aromatic nitrogens is 2. The molecule has 2 aliphatic heterocycles. The number of hydrogen-bond donors (Lipinski definition) is 3. The third kappa shape index (κ3) is 4.49. The summed E-state index contributed by atoms with van der Waals surface area (Å²) in [6.45, 7) is 5.02. The van der Waals surface area contributed by atoms with Crippen molar-refractivity contribution in [2.45, 2.75) is 55.8 Å². The average molecular weight is 337 g/mol. The van der Waals surface area contributed by atoms with Crippen molar-refractivity contribution in [3.8, 4) is 0 Å². The summed E-state index contributed by atoms with van der Waals surface area (Å²) >= 11 is 1.67. The quantitative estimate of drug-likeness (QED) is 0.417. The molecule has 1 atom stereocenters. The van der Waals surface area contributed by atoms with Crippen LogP contribution in [-0.2, 0) is 4.74 Å². The van der Waals surface area contributed by atoms with E-state index < -0.39 is 0 Å². The van der Waals surface area contributed by atoms with E-state index in [9.17, 15) is 0 Å². The van der Waals surface area contributed by atoms with Gasteiger partial charge in [-0.2, -0.15) is 0 Å². The fourth-order valence-electron chi connectivity index (χ4n) is 3.27. The molecule has 1 aromatic heterocycles. The second-order valence-corrected chi connectivity index (χ2v) is 7.51. The Kier molecular flexibility index (Phi) is 5.61. The van der Waals surface area contributed by atoms with Gasteiger partial charge in [-0.05, 0) is 38.8 Å². The maximum atomic E-state index is 6.12. The van der Waals surface area contributed by atoms with E-state index in [1.54, 1.807) is 11.8 Å². The number of hydrogen-bond acceptors (Lipinski definition) is 7. The highest BCUT2D eigenvalue weighted by molar-refractivity contribution is 7.99. The predicted molar refractivity (Wildman–Crippen MR) is 94.9 cm³/mol. The maximum Gasteiger partial charge on any atom is 0.191 e.